The molecule has 0 aromatic carbocycles. The highest BCUT2D eigenvalue weighted by molar-refractivity contribution is 5.85. The van der Waals surface area contributed by atoms with Crippen LogP contribution in [0.15, 0.2) is 0 Å². The minimum atomic E-state index is -0.0695. The third-order valence-electron chi connectivity index (χ3n) is 3.88. The average molecular weight is 293 g/mol. The average Bonchev–Trinajstić information content (AvgIpc) is 2.87. The van der Waals surface area contributed by atoms with Gasteiger partial charge in [0.2, 0.25) is 5.91 Å². The first-order valence-electron chi connectivity index (χ1n) is 6.85. The van der Waals surface area contributed by atoms with Gasteiger partial charge in [0.15, 0.2) is 0 Å². The summed E-state index contributed by atoms with van der Waals surface area (Å²) in [6, 6.07) is 0. The molecule has 0 aromatic heterocycles. The van der Waals surface area contributed by atoms with Gasteiger partial charge in [-0.2, -0.15) is 0 Å². The van der Waals surface area contributed by atoms with E-state index in [2.05, 4.69) is 10.6 Å². The van der Waals surface area contributed by atoms with E-state index >= 15 is 0 Å². The van der Waals surface area contributed by atoms with Crippen molar-refractivity contribution in [3.05, 3.63) is 0 Å². The Bertz CT molecular complexity index is 277. The predicted octanol–water partition coefficient (Wildman–Crippen LogP) is 0.720. The lowest BCUT2D eigenvalue weighted by Gasteiger charge is -2.30. The molecule has 0 bridgehead atoms. The Balaban J connectivity index is 0.00000180. The van der Waals surface area contributed by atoms with Crippen LogP contribution in [0.25, 0.3) is 0 Å². The first-order chi connectivity index (χ1) is 8.76. The van der Waals surface area contributed by atoms with Crippen LogP contribution < -0.4 is 10.6 Å². The van der Waals surface area contributed by atoms with Crippen LogP contribution in [-0.2, 0) is 14.3 Å². The van der Waals surface area contributed by atoms with Gasteiger partial charge in [-0.15, -0.1) is 12.4 Å². The number of amides is 1. The molecule has 112 valence electrons. The highest BCUT2D eigenvalue weighted by atomic mass is 35.5. The molecule has 1 amide bonds. The maximum atomic E-state index is 12.0. The van der Waals surface area contributed by atoms with Crippen molar-refractivity contribution in [2.45, 2.75) is 31.2 Å². The Kier molecular flexibility index (Phi) is 7.07. The van der Waals surface area contributed by atoms with Crippen molar-refractivity contribution in [3.63, 3.8) is 0 Å². The lowest BCUT2D eigenvalue weighted by molar-refractivity contribution is -0.129. The molecular weight excluding hydrogens is 268 g/mol. The van der Waals surface area contributed by atoms with E-state index in [-0.39, 0.29) is 29.8 Å². The Morgan fingerprint density at radius 1 is 1.53 bits per heavy atom. The molecule has 2 rings (SSSR count). The minimum Gasteiger partial charge on any atom is -0.383 e. The largest absolute Gasteiger partial charge is 0.383 e. The van der Waals surface area contributed by atoms with E-state index in [1.165, 1.54) is 0 Å². The fourth-order valence-corrected chi connectivity index (χ4v) is 2.82. The molecule has 0 aromatic rings. The zero-order chi connectivity index (χ0) is 12.8. The normalized spacial score (nSPS) is 30.7. The molecule has 2 aliphatic heterocycles. The monoisotopic (exact) mass is 292 g/mol. The van der Waals surface area contributed by atoms with Crippen LogP contribution >= 0.6 is 12.4 Å². The van der Waals surface area contributed by atoms with Crippen molar-refractivity contribution in [1.29, 1.82) is 0 Å². The van der Waals surface area contributed by atoms with E-state index < -0.39 is 0 Å². The SMILES string of the molecule is COCC1(CNC(=O)C2CCCOC2)CCCN1.Cl. The van der Waals surface area contributed by atoms with Gasteiger partial charge < -0.3 is 20.1 Å². The van der Waals surface area contributed by atoms with Gasteiger partial charge in [0.25, 0.3) is 0 Å². The first kappa shape index (κ1) is 16.7. The van der Waals surface area contributed by atoms with Crippen molar-refractivity contribution in [2.75, 3.05) is 40.0 Å². The molecule has 0 aliphatic carbocycles. The molecule has 2 heterocycles. The van der Waals surface area contributed by atoms with Crippen LogP contribution in [0.1, 0.15) is 25.7 Å². The van der Waals surface area contributed by atoms with E-state index in [1.807, 2.05) is 0 Å². The fourth-order valence-electron chi connectivity index (χ4n) is 2.82. The molecule has 5 nitrogen and oxygen atoms in total. The van der Waals surface area contributed by atoms with Crippen molar-refractivity contribution < 1.29 is 14.3 Å². The third kappa shape index (κ3) is 4.60. The quantitative estimate of drug-likeness (QED) is 0.784. The van der Waals surface area contributed by atoms with Crippen molar-refractivity contribution in [1.82, 2.24) is 10.6 Å². The van der Waals surface area contributed by atoms with Gasteiger partial charge in [0, 0.05) is 20.3 Å². The van der Waals surface area contributed by atoms with Crippen molar-refractivity contribution in [3.8, 4) is 0 Å². The molecule has 2 fully saturated rings. The number of methoxy groups -OCH3 is 1. The highest BCUT2D eigenvalue weighted by Gasteiger charge is 2.34. The van der Waals surface area contributed by atoms with Crippen molar-refractivity contribution in [2.24, 2.45) is 5.92 Å². The van der Waals surface area contributed by atoms with Gasteiger partial charge in [0.05, 0.1) is 24.7 Å². The van der Waals surface area contributed by atoms with E-state index in [0.29, 0.717) is 19.8 Å². The number of nitrogens with one attached hydrogen (secondary N) is 2. The van der Waals surface area contributed by atoms with Gasteiger partial charge in [-0.1, -0.05) is 0 Å². The Hall–Kier alpha value is -0.360. The summed E-state index contributed by atoms with van der Waals surface area (Å²) in [6.45, 7) is 3.66. The summed E-state index contributed by atoms with van der Waals surface area (Å²) in [5, 5.41) is 6.52. The molecule has 2 atom stereocenters. The summed E-state index contributed by atoms with van der Waals surface area (Å²) >= 11 is 0. The molecule has 0 radical (unpaired) electrons. The van der Waals surface area contributed by atoms with Gasteiger partial charge in [-0.05, 0) is 32.2 Å². The van der Waals surface area contributed by atoms with Gasteiger partial charge in [0.1, 0.15) is 0 Å². The second-order valence-electron chi connectivity index (χ2n) is 5.38. The van der Waals surface area contributed by atoms with Crippen LogP contribution in [0.4, 0.5) is 0 Å². The fraction of sp³-hybridized carbons (Fsp3) is 0.923. The predicted molar refractivity (Wildman–Crippen MR) is 75.6 cm³/mol. The van der Waals surface area contributed by atoms with E-state index in [0.717, 1.165) is 38.8 Å². The lowest BCUT2D eigenvalue weighted by atomic mass is 9.97. The number of ether oxygens (including phenoxy) is 2. The van der Waals surface area contributed by atoms with Crippen LogP contribution in [-0.4, -0.2) is 51.5 Å². The van der Waals surface area contributed by atoms with Crippen LogP contribution in [0.3, 0.4) is 0 Å². The van der Waals surface area contributed by atoms with Gasteiger partial charge in [-0.3, -0.25) is 4.79 Å². The zero-order valence-electron chi connectivity index (χ0n) is 11.6. The molecule has 2 aliphatic rings. The second-order valence-corrected chi connectivity index (χ2v) is 5.38. The van der Waals surface area contributed by atoms with Gasteiger partial charge >= 0.3 is 0 Å². The minimum absolute atomic E-state index is 0. The second kappa shape index (κ2) is 8.04. The maximum absolute atomic E-state index is 12.0. The molecule has 2 unspecified atom stereocenters. The van der Waals surface area contributed by atoms with Gasteiger partial charge in [-0.25, -0.2) is 0 Å². The topological polar surface area (TPSA) is 59.6 Å². The summed E-state index contributed by atoms with van der Waals surface area (Å²) in [5.41, 5.74) is -0.0695. The van der Waals surface area contributed by atoms with E-state index in [1.54, 1.807) is 7.11 Å². The summed E-state index contributed by atoms with van der Waals surface area (Å²) in [7, 11) is 1.71. The molecule has 0 saturated carbocycles. The summed E-state index contributed by atoms with van der Waals surface area (Å²) in [6.07, 6.45) is 4.13. The number of rotatable bonds is 5. The Morgan fingerprint density at radius 2 is 2.37 bits per heavy atom. The summed E-state index contributed by atoms with van der Waals surface area (Å²) in [5.74, 6) is 0.152. The number of carbonyl (C=O) groups excluding carboxylic acids is 1. The van der Waals surface area contributed by atoms with E-state index in [4.69, 9.17) is 9.47 Å². The first-order valence-corrected chi connectivity index (χ1v) is 6.85. The van der Waals surface area contributed by atoms with E-state index in [9.17, 15) is 4.79 Å². The Labute approximate surface area is 121 Å². The summed E-state index contributed by atoms with van der Waals surface area (Å²) < 4.78 is 10.6. The number of hydrogen-bond acceptors (Lipinski definition) is 4. The molecule has 2 N–H and O–H groups in total. The molecule has 19 heavy (non-hydrogen) atoms. The van der Waals surface area contributed by atoms with Crippen molar-refractivity contribution >= 4 is 18.3 Å². The standard InChI is InChI=1S/C13H24N2O3.ClH/c1-17-10-13(5-3-6-15-13)9-14-12(16)11-4-2-7-18-8-11;/h11,15H,2-10H2,1H3,(H,14,16);1H. The lowest BCUT2D eigenvalue weighted by Crippen LogP contribution is -2.54. The zero-order valence-corrected chi connectivity index (χ0v) is 12.4. The number of hydrogen-bond donors (Lipinski definition) is 2. The maximum Gasteiger partial charge on any atom is 0.225 e. The van der Waals surface area contributed by atoms with Crippen LogP contribution in [0, 0.1) is 5.92 Å². The van der Waals surface area contributed by atoms with Crippen LogP contribution in [0.2, 0.25) is 0 Å². The van der Waals surface area contributed by atoms with Crippen LogP contribution in [0.5, 0.6) is 0 Å². The molecule has 6 heteroatoms. The molecular formula is C13H25ClN2O3. The Morgan fingerprint density at radius 3 is 2.95 bits per heavy atom. The third-order valence-corrected chi connectivity index (χ3v) is 3.88. The highest BCUT2D eigenvalue weighted by Crippen LogP contribution is 2.19. The molecule has 2 saturated heterocycles. The number of halogens is 1. The smallest absolute Gasteiger partial charge is 0.225 e. The summed E-state index contributed by atoms with van der Waals surface area (Å²) in [4.78, 5) is 12.0. The molecule has 0 spiro atoms. The number of carbonyl (C=O) groups is 1.